The van der Waals surface area contributed by atoms with Gasteiger partial charge in [-0.15, -0.1) is 0 Å². The van der Waals surface area contributed by atoms with Gasteiger partial charge in [0.05, 0.1) is 11.6 Å². The standard InChI is InChI=1S/C16H23ClF3N5O/c1-12(16(18,19)20)24-6-8-25(9-7-24)15(21-2)22-5-10-26-14-4-3-13(17)11-23-14/h3-4,11-12H,5-10H2,1-2H3,(H,21,22). The molecule has 26 heavy (non-hydrogen) atoms. The Morgan fingerprint density at radius 3 is 2.58 bits per heavy atom. The lowest BCUT2D eigenvalue weighted by molar-refractivity contribution is -0.181. The zero-order valence-corrected chi connectivity index (χ0v) is 15.5. The summed E-state index contributed by atoms with van der Waals surface area (Å²) in [5.74, 6) is 1.12. The third kappa shape index (κ3) is 5.91. The van der Waals surface area contributed by atoms with E-state index in [0.29, 0.717) is 56.2 Å². The molecule has 1 fully saturated rings. The Kier molecular flexibility index (Phi) is 7.33. The summed E-state index contributed by atoms with van der Waals surface area (Å²) in [4.78, 5) is 11.6. The van der Waals surface area contributed by atoms with Gasteiger partial charge in [-0.2, -0.15) is 13.2 Å². The van der Waals surface area contributed by atoms with Gasteiger partial charge in [-0.25, -0.2) is 4.98 Å². The van der Waals surface area contributed by atoms with E-state index in [1.807, 2.05) is 4.90 Å². The van der Waals surface area contributed by atoms with Gasteiger partial charge in [0.25, 0.3) is 0 Å². The molecular formula is C16H23ClF3N5O. The van der Waals surface area contributed by atoms with Crippen LogP contribution in [0.1, 0.15) is 6.92 Å². The summed E-state index contributed by atoms with van der Waals surface area (Å²) in [5, 5.41) is 3.69. The van der Waals surface area contributed by atoms with Crippen LogP contribution in [0, 0.1) is 0 Å². The molecular weight excluding hydrogens is 371 g/mol. The molecule has 1 atom stereocenters. The maximum Gasteiger partial charge on any atom is 0.403 e. The summed E-state index contributed by atoms with van der Waals surface area (Å²) >= 11 is 5.76. The number of guanidine groups is 1. The molecule has 0 bridgehead atoms. The summed E-state index contributed by atoms with van der Waals surface area (Å²) < 4.78 is 43.9. The SMILES string of the molecule is CN=C(NCCOc1ccc(Cl)cn1)N1CCN(C(C)C(F)(F)F)CC1. The highest BCUT2D eigenvalue weighted by atomic mass is 35.5. The molecule has 2 rings (SSSR count). The topological polar surface area (TPSA) is 53.0 Å². The Hall–Kier alpha value is -1.74. The molecule has 0 spiro atoms. The van der Waals surface area contributed by atoms with Crippen molar-refractivity contribution in [3.63, 3.8) is 0 Å². The lowest BCUT2D eigenvalue weighted by Gasteiger charge is -2.39. The lowest BCUT2D eigenvalue weighted by atomic mass is 10.2. The second kappa shape index (κ2) is 9.27. The summed E-state index contributed by atoms with van der Waals surface area (Å²) in [5.41, 5.74) is 0. The van der Waals surface area contributed by atoms with Gasteiger partial charge in [0.1, 0.15) is 12.6 Å². The Balaban J connectivity index is 1.73. The van der Waals surface area contributed by atoms with Crippen LogP contribution in [0.2, 0.25) is 5.02 Å². The van der Waals surface area contributed by atoms with Crippen molar-refractivity contribution in [2.24, 2.45) is 4.99 Å². The molecule has 6 nitrogen and oxygen atoms in total. The number of nitrogens with zero attached hydrogens (tertiary/aromatic N) is 4. The van der Waals surface area contributed by atoms with Crippen molar-refractivity contribution in [3.05, 3.63) is 23.4 Å². The molecule has 1 unspecified atom stereocenters. The van der Waals surface area contributed by atoms with Crippen molar-refractivity contribution in [2.75, 3.05) is 46.4 Å². The van der Waals surface area contributed by atoms with Gasteiger partial charge in [-0.1, -0.05) is 11.6 Å². The molecule has 0 aliphatic carbocycles. The van der Waals surface area contributed by atoms with Crippen LogP contribution < -0.4 is 10.1 Å². The number of piperazine rings is 1. The third-order valence-electron chi connectivity index (χ3n) is 4.18. The van der Waals surface area contributed by atoms with Gasteiger partial charge >= 0.3 is 6.18 Å². The van der Waals surface area contributed by atoms with E-state index in [1.54, 1.807) is 19.2 Å². The van der Waals surface area contributed by atoms with Crippen LogP contribution in [-0.2, 0) is 0 Å². The highest BCUT2D eigenvalue weighted by molar-refractivity contribution is 6.30. The maximum absolute atomic E-state index is 12.8. The number of ether oxygens (including phenoxy) is 1. The zero-order chi connectivity index (χ0) is 19.2. The molecule has 10 heteroatoms. The smallest absolute Gasteiger partial charge is 0.403 e. The Morgan fingerprint density at radius 2 is 2.04 bits per heavy atom. The Bertz CT molecular complexity index is 589. The number of aliphatic imine (C=N–C) groups is 1. The fraction of sp³-hybridized carbons (Fsp3) is 0.625. The van der Waals surface area contributed by atoms with Crippen LogP contribution in [0.15, 0.2) is 23.3 Å². The van der Waals surface area contributed by atoms with Crippen molar-refractivity contribution >= 4 is 17.6 Å². The number of pyridine rings is 1. The molecule has 1 aromatic rings. The van der Waals surface area contributed by atoms with Gasteiger partial charge in [-0.05, 0) is 13.0 Å². The number of aromatic nitrogens is 1. The van der Waals surface area contributed by atoms with Crippen LogP contribution in [-0.4, -0.2) is 79.3 Å². The fourth-order valence-corrected chi connectivity index (χ4v) is 2.74. The summed E-state index contributed by atoms with van der Waals surface area (Å²) in [7, 11) is 1.65. The van der Waals surface area contributed by atoms with E-state index in [1.165, 1.54) is 18.0 Å². The number of hydrogen-bond acceptors (Lipinski definition) is 4. The minimum Gasteiger partial charge on any atom is -0.476 e. The summed E-state index contributed by atoms with van der Waals surface area (Å²) in [6.07, 6.45) is -2.69. The average molecular weight is 394 g/mol. The van der Waals surface area contributed by atoms with Gasteiger partial charge in [-0.3, -0.25) is 9.89 Å². The van der Waals surface area contributed by atoms with Crippen molar-refractivity contribution in [1.82, 2.24) is 20.1 Å². The maximum atomic E-state index is 12.8. The van der Waals surface area contributed by atoms with Crippen molar-refractivity contribution < 1.29 is 17.9 Å². The highest BCUT2D eigenvalue weighted by Crippen LogP contribution is 2.25. The van der Waals surface area contributed by atoms with Crippen molar-refractivity contribution in [3.8, 4) is 5.88 Å². The van der Waals surface area contributed by atoms with Crippen LogP contribution in [0.3, 0.4) is 0 Å². The van der Waals surface area contributed by atoms with E-state index in [-0.39, 0.29) is 0 Å². The predicted molar refractivity (Wildman–Crippen MR) is 94.8 cm³/mol. The van der Waals surface area contributed by atoms with Crippen LogP contribution in [0.5, 0.6) is 5.88 Å². The summed E-state index contributed by atoms with van der Waals surface area (Å²) in [6.45, 7) is 3.72. The van der Waals surface area contributed by atoms with E-state index >= 15 is 0 Å². The fourth-order valence-electron chi connectivity index (χ4n) is 2.63. The molecule has 1 aliphatic rings. The first-order chi connectivity index (χ1) is 12.3. The minimum atomic E-state index is -4.20. The molecule has 1 aliphatic heterocycles. The monoisotopic (exact) mass is 393 g/mol. The Morgan fingerprint density at radius 1 is 1.35 bits per heavy atom. The first-order valence-corrected chi connectivity index (χ1v) is 8.69. The minimum absolute atomic E-state index is 0.340. The largest absolute Gasteiger partial charge is 0.476 e. The van der Waals surface area contributed by atoms with E-state index in [9.17, 15) is 13.2 Å². The quantitative estimate of drug-likeness (QED) is 0.472. The molecule has 0 radical (unpaired) electrons. The van der Waals surface area contributed by atoms with E-state index in [0.717, 1.165) is 0 Å². The van der Waals surface area contributed by atoms with Crippen LogP contribution in [0.25, 0.3) is 0 Å². The first kappa shape index (κ1) is 20.6. The average Bonchev–Trinajstić information content (AvgIpc) is 2.62. The summed E-state index contributed by atoms with van der Waals surface area (Å²) in [6, 6.07) is 1.94. The second-order valence-corrected chi connectivity index (χ2v) is 6.31. The van der Waals surface area contributed by atoms with Gasteiger partial charge in [0.2, 0.25) is 5.88 Å². The molecule has 0 saturated carbocycles. The Labute approximate surface area is 156 Å². The molecule has 1 saturated heterocycles. The lowest BCUT2D eigenvalue weighted by Crippen LogP contribution is -2.57. The number of hydrogen-bond donors (Lipinski definition) is 1. The van der Waals surface area contributed by atoms with Gasteiger partial charge in [0, 0.05) is 45.5 Å². The van der Waals surface area contributed by atoms with E-state index in [2.05, 4.69) is 15.3 Å². The number of alkyl halides is 3. The van der Waals surface area contributed by atoms with Gasteiger partial charge in [0.15, 0.2) is 5.96 Å². The second-order valence-electron chi connectivity index (χ2n) is 5.88. The molecule has 2 heterocycles. The molecule has 146 valence electrons. The number of halogens is 4. The van der Waals surface area contributed by atoms with Crippen LogP contribution >= 0.6 is 11.6 Å². The predicted octanol–water partition coefficient (Wildman–Crippen LogP) is 2.26. The van der Waals surface area contributed by atoms with E-state index < -0.39 is 12.2 Å². The molecule has 1 N–H and O–H groups in total. The number of nitrogens with one attached hydrogen (secondary N) is 1. The third-order valence-corrected chi connectivity index (χ3v) is 4.41. The van der Waals surface area contributed by atoms with Crippen molar-refractivity contribution in [2.45, 2.75) is 19.1 Å². The van der Waals surface area contributed by atoms with E-state index in [4.69, 9.17) is 16.3 Å². The van der Waals surface area contributed by atoms with Gasteiger partial charge < -0.3 is 15.0 Å². The highest BCUT2D eigenvalue weighted by Gasteiger charge is 2.41. The van der Waals surface area contributed by atoms with Crippen molar-refractivity contribution in [1.29, 1.82) is 0 Å². The van der Waals surface area contributed by atoms with Crippen LogP contribution in [0.4, 0.5) is 13.2 Å². The molecule has 1 aromatic heterocycles. The molecule has 0 aromatic carbocycles. The number of rotatable bonds is 5. The zero-order valence-electron chi connectivity index (χ0n) is 14.8. The first-order valence-electron chi connectivity index (χ1n) is 8.32. The molecule has 0 amide bonds. The normalized spacial score (nSPS) is 17.9.